The summed E-state index contributed by atoms with van der Waals surface area (Å²) < 4.78 is 0.964. The Hall–Kier alpha value is -1.56. The summed E-state index contributed by atoms with van der Waals surface area (Å²) in [7, 11) is 0. The molecule has 0 saturated carbocycles. The van der Waals surface area contributed by atoms with E-state index in [4.69, 9.17) is 0 Å². The molecule has 0 bridgehead atoms. The lowest BCUT2D eigenvalue weighted by Gasteiger charge is -2.23. The van der Waals surface area contributed by atoms with E-state index in [0.717, 1.165) is 10.0 Å². The van der Waals surface area contributed by atoms with Gasteiger partial charge in [0.05, 0.1) is 5.41 Å². The van der Waals surface area contributed by atoms with Crippen LogP contribution in [0.3, 0.4) is 0 Å². The minimum absolute atomic E-state index is 0.202. The second-order valence-electron chi connectivity index (χ2n) is 5.40. The number of nitrogens with one attached hydrogen (secondary N) is 1. The zero-order valence-corrected chi connectivity index (χ0v) is 13.5. The number of carbonyl (C=O) groups excluding carboxylic acids is 1. The molecule has 2 N–H and O–H groups in total. The maximum absolute atomic E-state index is 12.1. The molecule has 1 atom stereocenters. The van der Waals surface area contributed by atoms with E-state index in [-0.39, 0.29) is 12.6 Å². The lowest BCUT2D eigenvalue weighted by atomic mass is 9.84. The number of carbonyl (C=O) groups is 2. The second kappa shape index (κ2) is 6.47. The molecule has 0 aromatic heterocycles. The molecule has 114 valence electrons. The number of aliphatic carboxylic acids is 1. The van der Waals surface area contributed by atoms with Gasteiger partial charge in [0.2, 0.25) is 0 Å². The molecule has 5 nitrogen and oxygen atoms in total. The minimum Gasteiger partial charge on any atom is -0.481 e. The molecular weight excluding hydrogens is 336 g/mol. The Morgan fingerprint density at radius 1 is 1.48 bits per heavy atom. The van der Waals surface area contributed by atoms with Crippen LogP contribution >= 0.6 is 15.9 Å². The highest BCUT2D eigenvalue weighted by Crippen LogP contribution is 2.34. The van der Waals surface area contributed by atoms with Gasteiger partial charge >= 0.3 is 12.0 Å². The van der Waals surface area contributed by atoms with Crippen LogP contribution in [0, 0.1) is 5.41 Å². The predicted octanol–water partition coefficient (Wildman–Crippen LogP) is 2.85. The standard InChI is InChI=1S/C15H19BrN2O3/c1-2-15(13(19)20)6-7-18(10-15)14(21)17-9-11-4-3-5-12(16)8-11/h3-5,8H,2,6-7,9-10H2,1H3,(H,17,21)(H,19,20). The number of carboxylic acid groups (broad SMARTS) is 1. The maximum Gasteiger partial charge on any atom is 0.317 e. The molecule has 1 aromatic rings. The fourth-order valence-electron chi connectivity index (χ4n) is 2.60. The minimum atomic E-state index is -0.813. The summed E-state index contributed by atoms with van der Waals surface area (Å²) in [4.78, 5) is 25.1. The third-order valence-corrected chi connectivity index (χ3v) is 4.60. The van der Waals surface area contributed by atoms with E-state index in [1.165, 1.54) is 0 Å². The molecule has 2 rings (SSSR count). The topological polar surface area (TPSA) is 69.6 Å². The van der Waals surface area contributed by atoms with Crippen LogP contribution in [0.4, 0.5) is 4.79 Å². The van der Waals surface area contributed by atoms with E-state index in [1.807, 2.05) is 31.2 Å². The van der Waals surface area contributed by atoms with Crippen LogP contribution in [0.2, 0.25) is 0 Å². The predicted molar refractivity (Wildman–Crippen MR) is 82.9 cm³/mol. The van der Waals surface area contributed by atoms with Gasteiger partial charge in [-0.1, -0.05) is 35.0 Å². The Morgan fingerprint density at radius 2 is 2.24 bits per heavy atom. The van der Waals surface area contributed by atoms with Gasteiger partial charge in [0.1, 0.15) is 0 Å². The van der Waals surface area contributed by atoms with E-state index in [1.54, 1.807) is 4.90 Å². The number of hydrogen-bond donors (Lipinski definition) is 2. The molecule has 0 spiro atoms. The molecule has 0 aliphatic carbocycles. The van der Waals surface area contributed by atoms with E-state index in [9.17, 15) is 14.7 Å². The molecule has 0 radical (unpaired) electrons. The molecule has 6 heteroatoms. The first-order valence-corrected chi connectivity index (χ1v) is 7.77. The molecule has 21 heavy (non-hydrogen) atoms. The van der Waals surface area contributed by atoms with Gasteiger partial charge in [0, 0.05) is 24.1 Å². The normalized spacial score (nSPS) is 21.3. The fourth-order valence-corrected chi connectivity index (χ4v) is 3.04. The highest BCUT2D eigenvalue weighted by Gasteiger charge is 2.44. The van der Waals surface area contributed by atoms with Crippen LogP contribution in [0.15, 0.2) is 28.7 Å². The number of halogens is 1. The van der Waals surface area contributed by atoms with Gasteiger partial charge in [-0.15, -0.1) is 0 Å². The molecule has 1 aliphatic heterocycles. The highest BCUT2D eigenvalue weighted by molar-refractivity contribution is 9.10. The van der Waals surface area contributed by atoms with E-state index < -0.39 is 11.4 Å². The molecule has 1 aromatic carbocycles. The largest absolute Gasteiger partial charge is 0.481 e. The number of urea groups is 1. The summed E-state index contributed by atoms with van der Waals surface area (Å²) >= 11 is 3.39. The third kappa shape index (κ3) is 3.56. The first kappa shape index (κ1) is 15.8. The molecule has 1 unspecified atom stereocenters. The average Bonchev–Trinajstić information content (AvgIpc) is 2.91. The Labute approximate surface area is 132 Å². The van der Waals surface area contributed by atoms with E-state index >= 15 is 0 Å². The van der Waals surface area contributed by atoms with Gasteiger partial charge in [-0.05, 0) is 30.5 Å². The van der Waals surface area contributed by atoms with Crippen LogP contribution in [0.1, 0.15) is 25.3 Å². The van der Waals surface area contributed by atoms with Gasteiger partial charge in [-0.2, -0.15) is 0 Å². The third-order valence-electron chi connectivity index (χ3n) is 4.10. The fraction of sp³-hybridized carbons (Fsp3) is 0.467. The molecular formula is C15H19BrN2O3. The summed E-state index contributed by atoms with van der Waals surface area (Å²) in [6, 6.07) is 7.51. The summed E-state index contributed by atoms with van der Waals surface area (Å²) in [5.41, 5.74) is 0.213. The number of rotatable bonds is 4. The number of benzene rings is 1. The highest BCUT2D eigenvalue weighted by atomic mass is 79.9. The lowest BCUT2D eigenvalue weighted by Crippen LogP contribution is -2.41. The Morgan fingerprint density at radius 3 is 2.81 bits per heavy atom. The summed E-state index contributed by atoms with van der Waals surface area (Å²) in [5, 5.41) is 12.2. The second-order valence-corrected chi connectivity index (χ2v) is 6.31. The van der Waals surface area contributed by atoms with E-state index in [0.29, 0.717) is 25.9 Å². The SMILES string of the molecule is CCC1(C(=O)O)CCN(C(=O)NCc2cccc(Br)c2)C1. The van der Waals surface area contributed by atoms with Crippen LogP contribution in [0.5, 0.6) is 0 Å². The first-order valence-electron chi connectivity index (χ1n) is 6.97. The van der Waals surface area contributed by atoms with Crippen molar-refractivity contribution in [2.24, 2.45) is 5.41 Å². The van der Waals surface area contributed by atoms with Crippen molar-refractivity contribution in [2.75, 3.05) is 13.1 Å². The Bertz CT molecular complexity index is 549. The van der Waals surface area contributed by atoms with Crippen LogP contribution in [-0.2, 0) is 11.3 Å². The number of nitrogens with zero attached hydrogens (tertiary/aromatic N) is 1. The number of likely N-dealkylation sites (tertiary alicyclic amines) is 1. The van der Waals surface area contributed by atoms with Crippen molar-refractivity contribution in [3.05, 3.63) is 34.3 Å². The number of amides is 2. The van der Waals surface area contributed by atoms with Crippen LogP contribution in [0.25, 0.3) is 0 Å². The van der Waals surface area contributed by atoms with Gasteiger partial charge in [0.25, 0.3) is 0 Å². The number of hydrogen-bond acceptors (Lipinski definition) is 2. The quantitative estimate of drug-likeness (QED) is 0.873. The van der Waals surface area contributed by atoms with Crippen LogP contribution in [-0.4, -0.2) is 35.1 Å². The Balaban J connectivity index is 1.92. The summed E-state index contributed by atoms with van der Waals surface area (Å²) in [6.07, 6.45) is 1.06. The van der Waals surface area contributed by atoms with Crippen molar-refractivity contribution >= 4 is 27.9 Å². The average molecular weight is 355 g/mol. The van der Waals surface area contributed by atoms with Gasteiger partial charge < -0.3 is 15.3 Å². The molecule has 1 fully saturated rings. The van der Waals surface area contributed by atoms with Gasteiger partial charge in [0.15, 0.2) is 0 Å². The van der Waals surface area contributed by atoms with Crippen molar-refractivity contribution in [2.45, 2.75) is 26.3 Å². The molecule has 1 saturated heterocycles. The number of carboxylic acids is 1. The molecule has 1 aliphatic rings. The lowest BCUT2D eigenvalue weighted by molar-refractivity contribution is -0.148. The van der Waals surface area contributed by atoms with Crippen molar-refractivity contribution in [1.29, 1.82) is 0 Å². The molecule has 1 heterocycles. The van der Waals surface area contributed by atoms with E-state index in [2.05, 4.69) is 21.2 Å². The molecule has 2 amide bonds. The van der Waals surface area contributed by atoms with Crippen molar-refractivity contribution in [1.82, 2.24) is 10.2 Å². The van der Waals surface area contributed by atoms with Crippen LogP contribution < -0.4 is 5.32 Å². The van der Waals surface area contributed by atoms with Crippen molar-refractivity contribution in [3.8, 4) is 0 Å². The van der Waals surface area contributed by atoms with Gasteiger partial charge in [-0.3, -0.25) is 4.79 Å². The smallest absolute Gasteiger partial charge is 0.317 e. The zero-order chi connectivity index (χ0) is 15.5. The maximum atomic E-state index is 12.1. The van der Waals surface area contributed by atoms with Gasteiger partial charge in [-0.25, -0.2) is 4.79 Å². The van der Waals surface area contributed by atoms with Crippen molar-refractivity contribution in [3.63, 3.8) is 0 Å². The zero-order valence-electron chi connectivity index (χ0n) is 11.9. The summed E-state index contributed by atoms with van der Waals surface area (Å²) in [6.45, 7) is 3.06. The Kier molecular flexibility index (Phi) is 4.88. The monoisotopic (exact) mass is 354 g/mol. The summed E-state index contributed by atoms with van der Waals surface area (Å²) in [5.74, 6) is -0.813. The van der Waals surface area contributed by atoms with Crippen molar-refractivity contribution < 1.29 is 14.7 Å². The first-order chi connectivity index (χ1) is 9.97.